The molecule has 0 unspecified atom stereocenters. The highest BCUT2D eigenvalue weighted by Gasteiger charge is 2.44. The number of halogens is 1. The Bertz CT molecular complexity index is 660. The molecule has 2 aliphatic heterocycles. The molecule has 0 bridgehead atoms. The molecule has 2 aliphatic rings. The Balaban J connectivity index is 1.68. The van der Waals surface area contributed by atoms with Crippen molar-refractivity contribution in [3.05, 3.63) is 35.6 Å². The van der Waals surface area contributed by atoms with E-state index in [0.29, 0.717) is 5.75 Å². The molecule has 7 heteroatoms. The molecule has 0 N–H and O–H groups in total. The Morgan fingerprint density at radius 1 is 1.45 bits per heavy atom. The Labute approximate surface area is 122 Å². The molecule has 1 saturated heterocycles. The van der Waals surface area contributed by atoms with Crippen LogP contribution in [-0.4, -0.2) is 49.1 Å². The van der Waals surface area contributed by atoms with Crippen molar-refractivity contribution in [3.8, 4) is 0 Å². The summed E-state index contributed by atoms with van der Waals surface area (Å²) in [7, 11) is -1.06. The van der Waals surface area contributed by atoms with Gasteiger partial charge in [-0.25, -0.2) is 12.8 Å². The highest BCUT2D eigenvalue weighted by molar-refractivity contribution is 8.13. The molecule has 1 aromatic rings. The van der Waals surface area contributed by atoms with Crippen molar-refractivity contribution in [2.45, 2.75) is 17.8 Å². The first kappa shape index (κ1) is 13.9. The van der Waals surface area contributed by atoms with Gasteiger partial charge in [0.1, 0.15) is 5.82 Å². The summed E-state index contributed by atoms with van der Waals surface area (Å²) in [5.74, 6) is 0.716. The molecule has 0 spiro atoms. The Morgan fingerprint density at radius 2 is 2.25 bits per heavy atom. The zero-order chi connectivity index (χ0) is 14.3. The van der Waals surface area contributed by atoms with E-state index in [9.17, 15) is 12.8 Å². The van der Waals surface area contributed by atoms with E-state index in [1.54, 1.807) is 6.07 Å². The van der Waals surface area contributed by atoms with Crippen molar-refractivity contribution in [2.75, 3.05) is 18.6 Å². The number of benzene rings is 1. The van der Waals surface area contributed by atoms with Gasteiger partial charge in [0.25, 0.3) is 0 Å². The summed E-state index contributed by atoms with van der Waals surface area (Å²) in [6, 6.07) is 6.31. The minimum absolute atomic E-state index is 0.0324. The smallest absolute Gasteiger partial charge is 0.159 e. The zero-order valence-electron chi connectivity index (χ0n) is 11.0. The average molecular weight is 314 g/mol. The van der Waals surface area contributed by atoms with Crippen molar-refractivity contribution < 1.29 is 12.8 Å². The molecular formula is C13H15FN2O2S2. The van der Waals surface area contributed by atoms with Gasteiger partial charge in [-0.15, -0.1) is 0 Å². The van der Waals surface area contributed by atoms with E-state index in [2.05, 4.69) is 4.99 Å². The number of amidine groups is 1. The quantitative estimate of drug-likeness (QED) is 0.830. The second-order valence-corrected chi connectivity index (χ2v) is 8.25. The van der Waals surface area contributed by atoms with Crippen LogP contribution in [0.3, 0.4) is 0 Å². The van der Waals surface area contributed by atoms with Gasteiger partial charge < -0.3 is 4.90 Å². The van der Waals surface area contributed by atoms with E-state index in [1.165, 1.54) is 23.9 Å². The van der Waals surface area contributed by atoms with E-state index >= 15 is 0 Å². The number of thioether (sulfide) groups is 1. The highest BCUT2D eigenvalue weighted by Crippen LogP contribution is 2.30. The SMILES string of the molecule is CN1C(SCc2cccc(F)c2)=N[C@@H]2CS(=O)(=O)C[C@H]21. The molecule has 108 valence electrons. The van der Waals surface area contributed by atoms with Gasteiger partial charge in [-0.1, -0.05) is 23.9 Å². The van der Waals surface area contributed by atoms with E-state index in [4.69, 9.17) is 0 Å². The van der Waals surface area contributed by atoms with Crippen LogP contribution in [0.4, 0.5) is 4.39 Å². The molecule has 0 aliphatic carbocycles. The molecule has 0 radical (unpaired) electrons. The number of likely N-dealkylation sites (N-methyl/N-ethyl adjacent to an activating group) is 1. The Kier molecular flexibility index (Phi) is 3.50. The van der Waals surface area contributed by atoms with Crippen molar-refractivity contribution in [1.29, 1.82) is 0 Å². The molecule has 20 heavy (non-hydrogen) atoms. The van der Waals surface area contributed by atoms with Gasteiger partial charge in [0.15, 0.2) is 15.0 Å². The average Bonchev–Trinajstić information content (AvgIpc) is 2.81. The lowest BCUT2D eigenvalue weighted by Crippen LogP contribution is -2.35. The molecule has 2 atom stereocenters. The first-order chi connectivity index (χ1) is 9.44. The molecule has 0 amide bonds. The van der Waals surface area contributed by atoms with Gasteiger partial charge in [0.05, 0.1) is 23.6 Å². The summed E-state index contributed by atoms with van der Waals surface area (Å²) < 4.78 is 36.2. The fraction of sp³-hybridized carbons (Fsp3) is 0.462. The zero-order valence-corrected chi connectivity index (χ0v) is 12.6. The maximum atomic E-state index is 13.1. The number of sulfone groups is 1. The number of hydrogen-bond donors (Lipinski definition) is 0. The van der Waals surface area contributed by atoms with Crippen LogP contribution in [0.15, 0.2) is 29.3 Å². The van der Waals surface area contributed by atoms with Gasteiger partial charge in [0, 0.05) is 12.8 Å². The summed E-state index contributed by atoms with van der Waals surface area (Å²) >= 11 is 1.53. The largest absolute Gasteiger partial charge is 0.348 e. The molecule has 3 rings (SSSR count). The van der Waals surface area contributed by atoms with E-state index < -0.39 is 9.84 Å². The predicted octanol–water partition coefficient (Wildman–Crippen LogP) is 1.53. The Morgan fingerprint density at radius 3 is 2.95 bits per heavy atom. The van der Waals surface area contributed by atoms with Crippen LogP contribution in [-0.2, 0) is 15.6 Å². The van der Waals surface area contributed by atoms with E-state index in [-0.39, 0.29) is 29.4 Å². The number of nitrogens with zero attached hydrogens (tertiary/aromatic N) is 2. The summed E-state index contributed by atoms with van der Waals surface area (Å²) in [5, 5.41) is 0.846. The lowest BCUT2D eigenvalue weighted by Gasteiger charge is -2.20. The maximum absolute atomic E-state index is 13.1. The summed E-state index contributed by atoms with van der Waals surface area (Å²) in [6.07, 6.45) is 0. The molecule has 1 aromatic carbocycles. The van der Waals surface area contributed by atoms with Crippen LogP contribution < -0.4 is 0 Å². The molecule has 2 heterocycles. The van der Waals surface area contributed by atoms with Crippen LogP contribution in [0.25, 0.3) is 0 Å². The molecule has 0 aromatic heterocycles. The van der Waals surface area contributed by atoms with E-state index in [0.717, 1.165) is 10.7 Å². The lowest BCUT2D eigenvalue weighted by atomic mass is 10.2. The van der Waals surface area contributed by atoms with Crippen LogP contribution in [0.1, 0.15) is 5.56 Å². The van der Waals surface area contributed by atoms with Crippen LogP contribution in [0, 0.1) is 5.82 Å². The third-order valence-electron chi connectivity index (χ3n) is 3.63. The van der Waals surface area contributed by atoms with Gasteiger partial charge in [-0.3, -0.25) is 4.99 Å². The number of hydrogen-bond acceptors (Lipinski definition) is 5. The van der Waals surface area contributed by atoms with Crippen molar-refractivity contribution >= 4 is 26.8 Å². The molecule has 4 nitrogen and oxygen atoms in total. The maximum Gasteiger partial charge on any atom is 0.159 e. The highest BCUT2D eigenvalue weighted by atomic mass is 32.2. The summed E-state index contributed by atoms with van der Waals surface area (Å²) in [5.41, 5.74) is 0.899. The van der Waals surface area contributed by atoms with Crippen molar-refractivity contribution in [3.63, 3.8) is 0 Å². The molecule has 1 fully saturated rings. The van der Waals surface area contributed by atoms with Gasteiger partial charge in [-0.2, -0.15) is 0 Å². The standard InChI is InChI=1S/C13H15FN2O2S2/c1-16-12-8-20(17,18)7-11(12)15-13(16)19-6-9-3-2-4-10(14)5-9/h2-5,11-12H,6-8H2,1H3/t11-,12-/m1/s1. The van der Waals surface area contributed by atoms with Crippen LogP contribution in [0.5, 0.6) is 0 Å². The lowest BCUT2D eigenvalue weighted by molar-refractivity contribution is 0.410. The van der Waals surface area contributed by atoms with Crippen LogP contribution in [0.2, 0.25) is 0 Å². The monoisotopic (exact) mass is 314 g/mol. The van der Waals surface area contributed by atoms with Gasteiger partial charge in [-0.05, 0) is 17.7 Å². The van der Waals surface area contributed by atoms with Gasteiger partial charge in [0.2, 0.25) is 0 Å². The fourth-order valence-electron chi connectivity index (χ4n) is 2.59. The Hall–Kier alpha value is -1.08. The topological polar surface area (TPSA) is 49.7 Å². The third-order valence-corrected chi connectivity index (χ3v) is 6.45. The third kappa shape index (κ3) is 2.69. The predicted molar refractivity (Wildman–Crippen MR) is 79.1 cm³/mol. The fourth-order valence-corrected chi connectivity index (χ4v) is 5.54. The first-order valence-electron chi connectivity index (χ1n) is 6.33. The first-order valence-corrected chi connectivity index (χ1v) is 9.14. The van der Waals surface area contributed by atoms with Crippen molar-refractivity contribution in [2.24, 2.45) is 4.99 Å². The van der Waals surface area contributed by atoms with Crippen LogP contribution >= 0.6 is 11.8 Å². The molecule has 0 saturated carbocycles. The second-order valence-electron chi connectivity index (χ2n) is 5.15. The van der Waals surface area contributed by atoms with Gasteiger partial charge >= 0.3 is 0 Å². The summed E-state index contributed by atoms with van der Waals surface area (Å²) in [4.78, 5) is 6.44. The second kappa shape index (κ2) is 5.04. The molecular weight excluding hydrogens is 299 g/mol. The van der Waals surface area contributed by atoms with E-state index in [1.807, 2.05) is 18.0 Å². The number of rotatable bonds is 2. The normalized spacial score (nSPS) is 27.5. The number of fused-ring (bicyclic) bond motifs is 1. The minimum Gasteiger partial charge on any atom is -0.348 e. The van der Waals surface area contributed by atoms with Crippen molar-refractivity contribution in [1.82, 2.24) is 4.90 Å². The number of aliphatic imine (C=N–C) groups is 1. The minimum atomic E-state index is -2.94. The summed E-state index contributed by atoms with van der Waals surface area (Å²) in [6.45, 7) is 0.